The molecule has 0 bridgehead atoms. The fourth-order valence-corrected chi connectivity index (χ4v) is 1.76. The molecular weight excluding hydrogens is 168 g/mol. The number of ketones is 1. The number of hydrogen-bond acceptors (Lipinski definition) is 3. The molecule has 1 aliphatic carbocycles. The van der Waals surface area contributed by atoms with Crippen molar-refractivity contribution in [3.8, 4) is 0 Å². The second-order valence-corrected chi connectivity index (χ2v) is 3.59. The summed E-state index contributed by atoms with van der Waals surface area (Å²) in [5.74, 6) is 0.0523. The van der Waals surface area contributed by atoms with E-state index in [0.29, 0.717) is 6.61 Å². The molecule has 0 aromatic carbocycles. The van der Waals surface area contributed by atoms with Crippen molar-refractivity contribution in [2.75, 3.05) is 6.61 Å². The third kappa shape index (κ3) is 2.54. The largest absolute Gasteiger partial charge is 0.466 e. The van der Waals surface area contributed by atoms with E-state index in [2.05, 4.69) is 0 Å². The molecule has 3 heteroatoms. The van der Waals surface area contributed by atoms with Gasteiger partial charge in [-0.05, 0) is 19.8 Å². The fourth-order valence-electron chi connectivity index (χ4n) is 1.76. The highest BCUT2D eigenvalue weighted by molar-refractivity contribution is 5.88. The van der Waals surface area contributed by atoms with Gasteiger partial charge in [-0.2, -0.15) is 0 Å². The molecule has 0 amide bonds. The first-order chi connectivity index (χ1) is 6.15. The molecule has 0 spiro atoms. The summed E-state index contributed by atoms with van der Waals surface area (Å²) in [7, 11) is 0. The maximum atomic E-state index is 11.4. The lowest BCUT2D eigenvalue weighted by Gasteiger charge is -2.07. The van der Waals surface area contributed by atoms with E-state index in [1.807, 2.05) is 6.92 Å². The Morgan fingerprint density at radius 3 is 2.69 bits per heavy atom. The predicted molar refractivity (Wildman–Crippen MR) is 48.1 cm³/mol. The Morgan fingerprint density at radius 2 is 2.23 bits per heavy atom. The number of carbonyl (C=O) groups is 2. The van der Waals surface area contributed by atoms with Crippen LogP contribution in [0, 0.1) is 11.8 Å². The highest BCUT2D eigenvalue weighted by atomic mass is 16.5. The molecule has 0 aromatic heterocycles. The molecule has 0 N–H and O–H groups in total. The molecule has 2 atom stereocenters. The minimum Gasteiger partial charge on any atom is -0.466 e. The minimum absolute atomic E-state index is 0.0750. The molecule has 0 aliphatic heterocycles. The van der Waals surface area contributed by atoms with Crippen LogP contribution in [0.4, 0.5) is 0 Å². The van der Waals surface area contributed by atoms with Crippen LogP contribution in [0.5, 0.6) is 0 Å². The topological polar surface area (TPSA) is 43.4 Å². The maximum Gasteiger partial charge on any atom is 0.306 e. The second kappa shape index (κ2) is 4.40. The van der Waals surface area contributed by atoms with E-state index in [-0.39, 0.29) is 30.0 Å². The van der Waals surface area contributed by atoms with Crippen molar-refractivity contribution in [2.24, 2.45) is 11.8 Å². The van der Waals surface area contributed by atoms with E-state index in [9.17, 15) is 9.59 Å². The Kier molecular flexibility index (Phi) is 3.46. The zero-order valence-corrected chi connectivity index (χ0v) is 8.21. The van der Waals surface area contributed by atoms with E-state index < -0.39 is 0 Å². The number of ether oxygens (including phenoxy) is 1. The Bertz CT molecular complexity index is 210. The maximum absolute atomic E-state index is 11.4. The van der Waals surface area contributed by atoms with Crippen molar-refractivity contribution in [3.63, 3.8) is 0 Å². The van der Waals surface area contributed by atoms with Crippen molar-refractivity contribution in [2.45, 2.75) is 33.1 Å². The van der Waals surface area contributed by atoms with Gasteiger partial charge in [-0.15, -0.1) is 0 Å². The molecule has 3 nitrogen and oxygen atoms in total. The van der Waals surface area contributed by atoms with E-state index in [0.717, 1.165) is 12.8 Å². The van der Waals surface area contributed by atoms with Crippen molar-refractivity contribution in [1.29, 1.82) is 0 Å². The number of Topliss-reactive ketones (excluding diaryl/α,β-unsaturated/α-hetero) is 1. The summed E-state index contributed by atoms with van der Waals surface area (Å²) in [6, 6.07) is 0. The first-order valence-corrected chi connectivity index (χ1v) is 4.84. The zero-order valence-electron chi connectivity index (χ0n) is 8.21. The van der Waals surface area contributed by atoms with Crippen molar-refractivity contribution >= 4 is 11.8 Å². The summed E-state index contributed by atoms with van der Waals surface area (Å²) >= 11 is 0. The van der Waals surface area contributed by atoms with Crippen molar-refractivity contribution < 1.29 is 14.3 Å². The summed E-state index contributed by atoms with van der Waals surface area (Å²) in [5, 5.41) is 0. The van der Waals surface area contributed by atoms with Gasteiger partial charge in [0.15, 0.2) is 0 Å². The standard InChI is InChI=1S/C10H16O3/c1-3-13-9(11)6-8-5-4-7(2)10(8)12/h7-8H,3-6H2,1-2H3/t7-,8-/m1/s1. The summed E-state index contributed by atoms with van der Waals surface area (Å²) < 4.78 is 4.80. The highest BCUT2D eigenvalue weighted by Crippen LogP contribution is 2.29. The highest BCUT2D eigenvalue weighted by Gasteiger charge is 2.32. The van der Waals surface area contributed by atoms with Crippen molar-refractivity contribution in [3.05, 3.63) is 0 Å². The normalized spacial score (nSPS) is 27.7. The van der Waals surface area contributed by atoms with E-state index in [4.69, 9.17) is 4.74 Å². The van der Waals surface area contributed by atoms with Gasteiger partial charge in [-0.25, -0.2) is 0 Å². The van der Waals surface area contributed by atoms with Gasteiger partial charge in [0, 0.05) is 11.8 Å². The lowest BCUT2D eigenvalue weighted by atomic mass is 10.0. The van der Waals surface area contributed by atoms with Gasteiger partial charge < -0.3 is 4.74 Å². The average molecular weight is 184 g/mol. The summed E-state index contributed by atoms with van der Waals surface area (Å²) in [5.41, 5.74) is 0. The molecule has 1 fully saturated rings. The van der Waals surface area contributed by atoms with Crippen LogP contribution in [0.3, 0.4) is 0 Å². The fraction of sp³-hybridized carbons (Fsp3) is 0.800. The zero-order chi connectivity index (χ0) is 9.84. The Morgan fingerprint density at radius 1 is 1.54 bits per heavy atom. The Hall–Kier alpha value is -0.860. The number of rotatable bonds is 3. The first-order valence-electron chi connectivity index (χ1n) is 4.84. The molecular formula is C10H16O3. The Labute approximate surface area is 78.5 Å². The van der Waals surface area contributed by atoms with Crippen LogP contribution in [-0.4, -0.2) is 18.4 Å². The summed E-state index contributed by atoms with van der Waals surface area (Å²) in [6.07, 6.45) is 2.04. The van der Waals surface area contributed by atoms with Crippen LogP contribution in [0.2, 0.25) is 0 Å². The molecule has 0 saturated heterocycles. The van der Waals surface area contributed by atoms with E-state index in [1.54, 1.807) is 6.92 Å². The van der Waals surface area contributed by atoms with Crippen molar-refractivity contribution in [1.82, 2.24) is 0 Å². The van der Waals surface area contributed by atoms with Gasteiger partial charge in [0.2, 0.25) is 0 Å². The average Bonchev–Trinajstić information content (AvgIpc) is 2.37. The van der Waals surface area contributed by atoms with Crippen LogP contribution >= 0.6 is 0 Å². The molecule has 0 heterocycles. The van der Waals surface area contributed by atoms with Gasteiger partial charge >= 0.3 is 5.97 Å². The first kappa shape index (κ1) is 10.2. The molecule has 0 unspecified atom stereocenters. The van der Waals surface area contributed by atoms with Gasteiger partial charge in [-0.3, -0.25) is 9.59 Å². The quantitative estimate of drug-likeness (QED) is 0.625. The SMILES string of the molecule is CCOC(=O)C[C@H]1CC[C@@H](C)C1=O. The van der Waals surface area contributed by atoms with Crippen LogP contribution < -0.4 is 0 Å². The number of hydrogen-bond donors (Lipinski definition) is 0. The molecule has 1 saturated carbocycles. The summed E-state index contributed by atoms with van der Waals surface area (Å²) in [4.78, 5) is 22.5. The van der Waals surface area contributed by atoms with Crippen LogP contribution in [0.15, 0.2) is 0 Å². The van der Waals surface area contributed by atoms with Gasteiger partial charge in [0.05, 0.1) is 13.0 Å². The molecule has 74 valence electrons. The predicted octanol–water partition coefficient (Wildman–Crippen LogP) is 1.55. The Balaban J connectivity index is 2.38. The second-order valence-electron chi connectivity index (χ2n) is 3.59. The van der Waals surface area contributed by atoms with Gasteiger partial charge in [0.1, 0.15) is 5.78 Å². The monoisotopic (exact) mass is 184 g/mol. The number of carbonyl (C=O) groups excluding carboxylic acids is 2. The lowest BCUT2D eigenvalue weighted by Crippen LogP contribution is -2.17. The third-order valence-corrected chi connectivity index (χ3v) is 2.55. The lowest BCUT2D eigenvalue weighted by molar-refractivity contribution is -0.145. The summed E-state index contributed by atoms with van der Waals surface area (Å²) in [6.45, 7) is 4.10. The van der Waals surface area contributed by atoms with E-state index in [1.165, 1.54) is 0 Å². The van der Waals surface area contributed by atoms with E-state index >= 15 is 0 Å². The molecule has 0 aromatic rings. The smallest absolute Gasteiger partial charge is 0.306 e. The van der Waals surface area contributed by atoms with Crippen LogP contribution in [0.1, 0.15) is 33.1 Å². The third-order valence-electron chi connectivity index (χ3n) is 2.55. The van der Waals surface area contributed by atoms with Gasteiger partial charge in [0.25, 0.3) is 0 Å². The van der Waals surface area contributed by atoms with Crippen LogP contribution in [-0.2, 0) is 14.3 Å². The van der Waals surface area contributed by atoms with Gasteiger partial charge in [-0.1, -0.05) is 6.92 Å². The molecule has 0 radical (unpaired) electrons. The van der Waals surface area contributed by atoms with Crippen LogP contribution in [0.25, 0.3) is 0 Å². The molecule has 1 aliphatic rings. The molecule has 1 rings (SSSR count). The number of esters is 1. The molecule has 13 heavy (non-hydrogen) atoms. The minimum atomic E-state index is -0.241.